The van der Waals surface area contributed by atoms with Crippen LogP contribution in [-0.2, 0) is 5.54 Å². The summed E-state index contributed by atoms with van der Waals surface area (Å²) in [6, 6.07) is 8.93. The first kappa shape index (κ1) is 18.9. The van der Waals surface area contributed by atoms with Crippen molar-refractivity contribution < 1.29 is 4.52 Å². The summed E-state index contributed by atoms with van der Waals surface area (Å²) in [6.45, 7) is 19.7. The molecule has 1 unspecified atom stereocenters. The van der Waals surface area contributed by atoms with Gasteiger partial charge < -0.3 is 4.52 Å². The van der Waals surface area contributed by atoms with E-state index in [0.29, 0.717) is 0 Å². The molecule has 0 radical (unpaired) electrons. The van der Waals surface area contributed by atoms with Gasteiger partial charge in [0.25, 0.3) is 8.08 Å². The smallest absolute Gasteiger partial charge is 0.273 e. The Morgan fingerprint density at radius 2 is 1.15 bits per heavy atom. The van der Waals surface area contributed by atoms with Crippen LogP contribution < -0.4 is 4.52 Å². The lowest BCUT2D eigenvalue weighted by Crippen LogP contribution is -2.18. The van der Waals surface area contributed by atoms with Gasteiger partial charge in [0.1, 0.15) is 5.75 Å². The van der Waals surface area contributed by atoms with Gasteiger partial charge in [-0.1, -0.05) is 35.4 Å². The van der Waals surface area contributed by atoms with Gasteiger partial charge in [0, 0.05) is 0 Å². The maximum atomic E-state index is 6.60. The zero-order valence-corrected chi connectivity index (χ0v) is 18.5. The van der Waals surface area contributed by atoms with Crippen LogP contribution in [0.25, 0.3) is 5.69 Å². The number of nitrogens with zero attached hydrogens (tertiary/aromatic N) is 2. The van der Waals surface area contributed by atoms with Crippen molar-refractivity contribution in [3.8, 4) is 11.4 Å². The van der Waals surface area contributed by atoms with Crippen molar-refractivity contribution >= 4 is 8.08 Å². The zero-order chi connectivity index (χ0) is 19.4. The Morgan fingerprint density at radius 1 is 0.731 bits per heavy atom. The van der Waals surface area contributed by atoms with Crippen LogP contribution in [0.4, 0.5) is 0 Å². The Kier molecular flexibility index (Phi) is 4.65. The number of benzene rings is 2. The molecule has 0 aliphatic rings. The van der Waals surface area contributed by atoms with Crippen molar-refractivity contribution in [2.45, 2.75) is 67.9 Å². The number of hydrogen-bond donors (Lipinski definition) is 0. The standard InChI is InChI=1S/C22H31N2OP/c1-14-10-16(3)20(17(4)11-14)23-24(22(7,8)9)26(23)25-21-18(5)12-15(2)13-19(21)6/h10-13H,1-9H3. The summed E-state index contributed by atoms with van der Waals surface area (Å²) in [5, 5.41) is 0. The quantitative estimate of drug-likeness (QED) is 0.501. The van der Waals surface area contributed by atoms with Crippen LogP contribution in [0.15, 0.2) is 24.3 Å². The molecule has 0 aliphatic heterocycles. The summed E-state index contributed by atoms with van der Waals surface area (Å²) >= 11 is 0. The molecule has 0 aliphatic carbocycles. The average Bonchev–Trinajstić information content (AvgIpc) is 3.15. The Balaban J connectivity index is 2.12. The van der Waals surface area contributed by atoms with Gasteiger partial charge in [-0.3, -0.25) is 0 Å². The van der Waals surface area contributed by atoms with E-state index in [1.54, 1.807) is 0 Å². The molecular weight excluding hydrogens is 339 g/mol. The Hall–Kier alpha value is -1.86. The predicted octanol–water partition coefficient (Wildman–Crippen LogP) is 6.71. The number of aromatic nitrogens is 2. The first-order valence-electron chi connectivity index (χ1n) is 9.24. The van der Waals surface area contributed by atoms with Crippen molar-refractivity contribution in [1.82, 2.24) is 8.89 Å². The molecular formula is C22H31N2OP. The maximum Gasteiger partial charge on any atom is 0.273 e. The van der Waals surface area contributed by atoms with Crippen LogP contribution in [0.1, 0.15) is 54.2 Å². The summed E-state index contributed by atoms with van der Waals surface area (Å²) in [4.78, 5) is 0. The first-order valence-corrected chi connectivity index (χ1v) is 10.4. The molecule has 0 bridgehead atoms. The van der Waals surface area contributed by atoms with Crippen molar-refractivity contribution in [2.24, 2.45) is 0 Å². The van der Waals surface area contributed by atoms with Gasteiger partial charge in [0.2, 0.25) is 0 Å². The van der Waals surface area contributed by atoms with Crippen LogP contribution >= 0.6 is 8.08 Å². The third-order valence-electron chi connectivity index (χ3n) is 4.69. The van der Waals surface area contributed by atoms with Gasteiger partial charge in [-0.2, -0.15) is 4.44 Å². The van der Waals surface area contributed by atoms with Gasteiger partial charge in [0.15, 0.2) is 0 Å². The van der Waals surface area contributed by atoms with Crippen molar-refractivity contribution in [3.05, 3.63) is 57.6 Å². The number of rotatable bonds is 3. The molecule has 0 saturated heterocycles. The second-order valence-corrected chi connectivity index (χ2v) is 10.0. The highest BCUT2D eigenvalue weighted by Crippen LogP contribution is 2.49. The van der Waals surface area contributed by atoms with Crippen LogP contribution in [0.5, 0.6) is 5.75 Å². The molecule has 1 heterocycles. The molecule has 0 spiro atoms. The fourth-order valence-corrected chi connectivity index (χ4v) is 6.09. The van der Waals surface area contributed by atoms with E-state index in [1.165, 1.54) is 39.1 Å². The molecule has 26 heavy (non-hydrogen) atoms. The van der Waals surface area contributed by atoms with Crippen LogP contribution in [0.2, 0.25) is 0 Å². The van der Waals surface area contributed by atoms with E-state index in [1.807, 2.05) is 0 Å². The summed E-state index contributed by atoms with van der Waals surface area (Å²) in [7, 11) is -0.835. The second kappa shape index (κ2) is 6.39. The molecule has 4 heteroatoms. The SMILES string of the molecule is Cc1cc(C)c(Op2n(-c3c(C)cc(C)cc3C)n2C(C)(C)C)c(C)c1. The summed E-state index contributed by atoms with van der Waals surface area (Å²) in [6.07, 6.45) is 0. The predicted molar refractivity (Wildman–Crippen MR) is 112 cm³/mol. The topological polar surface area (TPSA) is 19.1 Å². The third kappa shape index (κ3) is 3.38. The Labute approximate surface area is 158 Å². The van der Waals surface area contributed by atoms with Crippen LogP contribution in [0, 0.1) is 41.5 Å². The van der Waals surface area contributed by atoms with E-state index < -0.39 is 8.08 Å². The highest BCUT2D eigenvalue weighted by molar-refractivity contribution is 7.41. The lowest BCUT2D eigenvalue weighted by Gasteiger charge is -2.15. The third-order valence-corrected chi connectivity index (χ3v) is 6.68. The zero-order valence-electron chi connectivity index (χ0n) is 17.6. The van der Waals surface area contributed by atoms with Gasteiger partial charge in [-0.05, 0) is 84.6 Å². The van der Waals surface area contributed by atoms with Crippen molar-refractivity contribution in [2.75, 3.05) is 0 Å². The minimum atomic E-state index is -0.835. The van der Waals surface area contributed by atoms with Gasteiger partial charge in [0.05, 0.1) is 11.2 Å². The van der Waals surface area contributed by atoms with Crippen LogP contribution in [-0.4, -0.2) is 8.89 Å². The van der Waals surface area contributed by atoms with E-state index in [4.69, 9.17) is 4.52 Å². The average molecular weight is 370 g/mol. The van der Waals surface area contributed by atoms with E-state index in [0.717, 1.165) is 5.75 Å². The minimum absolute atomic E-state index is 0.0158. The Bertz CT molecular complexity index is 917. The number of aryl methyl sites for hydroxylation is 6. The highest BCUT2D eigenvalue weighted by atomic mass is 31.1. The molecule has 3 rings (SSSR count). The molecule has 0 saturated carbocycles. The summed E-state index contributed by atoms with van der Waals surface area (Å²) in [5.41, 5.74) is 8.94. The molecule has 2 aromatic carbocycles. The monoisotopic (exact) mass is 370 g/mol. The maximum absolute atomic E-state index is 6.60. The minimum Gasteiger partial charge on any atom is -0.415 e. The van der Waals surface area contributed by atoms with Crippen molar-refractivity contribution in [3.63, 3.8) is 0 Å². The van der Waals surface area contributed by atoms with Gasteiger partial charge in [-0.15, -0.1) is 0 Å². The molecule has 3 nitrogen and oxygen atoms in total. The lowest BCUT2D eigenvalue weighted by atomic mass is 10.1. The van der Waals surface area contributed by atoms with Crippen LogP contribution in [0.3, 0.4) is 0 Å². The fraction of sp³-hybridized carbons (Fsp3) is 0.455. The molecule has 3 aromatic rings. The largest absolute Gasteiger partial charge is 0.415 e. The fourth-order valence-electron chi connectivity index (χ4n) is 3.79. The van der Waals surface area contributed by atoms with Crippen molar-refractivity contribution in [1.29, 1.82) is 0 Å². The molecule has 1 atom stereocenters. The van der Waals surface area contributed by atoms with Gasteiger partial charge >= 0.3 is 0 Å². The van der Waals surface area contributed by atoms with E-state index in [2.05, 4.69) is 95.5 Å². The summed E-state index contributed by atoms with van der Waals surface area (Å²) < 4.78 is 11.4. The normalized spacial score (nSPS) is 12.7. The van der Waals surface area contributed by atoms with E-state index in [9.17, 15) is 0 Å². The highest BCUT2D eigenvalue weighted by Gasteiger charge is 2.34. The van der Waals surface area contributed by atoms with E-state index in [-0.39, 0.29) is 5.54 Å². The Morgan fingerprint density at radius 3 is 1.58 bits per heavy atom. The molecule has 0 N–H and O–H groups in total. The molecule has 140 valence electrons. The second-order valence-electron chi connectivity index (χ2n) is 8.57. The molecule has 0 fully saturated rings. The van der Waals surface area contributed by atoms with E-state index >= 15 is 0 Å². The number of hydrogen-bond acceptors (Lipinski definition) is 1. The molecule has 1 aromatic heterocycles. The molecule has 0 amide bonds. The van der Waals surface area contributed by atoms with Gasteiger partial charge in [-0.25, -0.2) is 4.44 Å². The first-order chi connectivity index (χ1) is 12.0. The lowest BCUT2D eigenvalue weighted by molar-refractivity contribution is 0.396. The summed E-state index contributed by atoms with van der Waals surface area (Å²) in [5.74, 6) is 1.03.